The Hall–Kier alpha value is -2.73. The van der Waals surface area contributed by atoms with Crippen LogP contribution in [0.25, 0.3) is 0 Å². The molecule has 0 spiro atoms. The molecule has 0 unspecified atom stereocenters. The summed E-state index contributed by atoms with van der Waals surface area (Å²) in [5.41, 5.74) is 0.776. The van der Waals surface area contributed by atoms with Crippen molar-refractivity contribution in [1.82, 2.24) is 4.90 Å². The van der Waals surface area contributed by atoms with Gasteiger partial charge in [0, 0.05) is 19.7 Å². The van der Waals surface area contributed by atoms with Crippen molar-refractivity contribution >= 4 is 29.1 Å². The molecule has 0 radical (unpaired) electrons. The van der Waals surface area contributed by atoms with E-state index in [1.165, 1.54) is 18.1 Å². The zero-order valence-electron chi connectivity index (χ0n) is 14.2. The second-order valence-electron chi connectivity index (χ2n) is 5.38. The van der Waals surface area contributed by atoms with Gasteiger partial charge in [-0.2, -0.15) is 0 Å². The molecule has 25 heavy (non-hydrogen) atoms. The van der Waals surface area contributed by atoms with Crippen molar-refractivity contribution in [2.24, 2.45) is 0 Å². The Morgan fingerprint density at radius 2 is 1.80 bits per heavy atom. The molecule has 1 N–H and O–H groups in total. The van der Waals surface area contributed by atoms with Crippen LogP contribution in [-0.4, -0.2) is 44.5 Å². The van der Waals surface area contributed by atoms with Crippen LogP contribution >= 0.6 is 11.6 Å². The lowest BCUT2D eigenvalue weighted by atomic mass is 10.2. The van der Waals surface area contributed by atoms with E-state index in [0.717, 1.165) is 0 Å². The van der Waals surface area contributed by atoms with Crippen molar-refractivity contribution < 1.29 is 19.1 Å². The van der Waals surface area contributed by atoms with E-state index < -0.39 is 5.91 Å². The number of benzene rings is 2. The fourth-order valence-corrected chi connectivity index (χ4v) is 2.24. The summed E-state index contributed by atoms with van der Waals surface area (Å²) in [7, 11) is 4.82. The van der Waals surface area contributed by atoms with Crippen LogP contribution in [0.2, 0.25) is 5.02 Å². The Labute approximate surface area is 151 Å². The maximum absolute atomic E-state index is 12.1. The number of carbonyl (C=O) groups excluding carboxylic acids is 2. The molecule has 0 heterocycles. The van der Waals surface area contributed by atoms with Gasteiger partial charge in [-0.15, -0.1) is 0 Å². The number of carbonyl (C=O) groups is 2. The lowest BCUT2D eigenvalue weighted by Crippen LogP contribution is -2.23. The fourth-order valence-electron chi connectivity index (χ4n) is 2.08. The molecule has 0 fully saturated rings. The predicted molar refractivity (Wildman–Crippen MR) is 96.6 cm³/mol. The molecule has 132 valence electrons. The van der Waals surface area contributed by atoms with Gasteiger partial charge in [0.2, 0.25) is 0 Å². The first-order chi connectivity index (χ1) is 11.9. The predicted octanol–water partition coefficient (Wildman–Crippen LogP) is 3.07. The minimum absolute atomic E-state index is 0.183. The number of para-hydroxylation sites is 2. The number of rotatable bonds is 6. The quantitative estimate of drug-likeness (QED) is 0.857. The smallest absolute Gasteiger partial charge is 0.262 e. The van der Waals surface area contributed by atoms with Gasteiger partial charge in [0.05, 0.1) is 17.8 Å². The summed E-state index contributed by atoms with van der Waals surface area (Å²) in [5, 5.41) is 2.98. The monoisotopic (exact) mass is 362 g/mol. The average molecular weight is 363 g/mol. The van der Waals surface area contributed by atoms with E-state index >= 15 is 0 Å². The van der Waals surface area contributed by atoms with E-state index in [9.17, 15) is 9.59 Å². The number of hydrogen-bond donors (Lipinski definition) is 1. The summed E-state index contributed by atoms with van der Waals surface area (Å²) in [6.45, 7) is -0.220. The maximum atomic E-state index is 12.1. The van der Waals surface area contributed by atoms with Crippen LogP contribution < -0.4 is 14.8 Å². The van der Waals surface area contributed by atoms with E-state index in [-0.39, 0.29) is 12.5 Å². The normalized spacial score (nSPS) is 10.1. The second kappa shape index (κ2) is 8.39. The van der Waals surface area contributed by atoms with Crippen LogP contribution in [0.1, 0.15) is 10.4 Å². The molecule has 2 amide bonds. The summed E-state index contributed by atoms with van der Waals surface area (Å²) in [4.78, 5) is 25.6. The molecule has 7 heteroatoms. The van der Waals surface area contributed by atoms with Crippen LogP contribution in [0.15, 0.2) is 42.5 Å². The molecule has 0 aliphatic heterocycles. The lowest BCUT2D eigenvalue weighted by Gasteiger charge is -2.13. The molecule has 0 aliphatic carbocycles. The molecular weight excluding hydrogens is 344 g/mol. The molecule has 0 aliphatic rings. The van der Waals surface area contributed by atoms with Gasteiger partial charge in [-0.25, -0.2) is 0 Å². The van der Waals surface area contributed by atoms with Crippen molar-refractivity contribution in [3.05, 3.63) is 53.1 Å². The van der Waals surface area contributed by atoms with Crippen molar-refractivity contribution in [1.29, 1.82) is 0 Å². The highest BCUT2D eigenvalue weighted by Crippen LogP contribution is 2.26. The van der Waals surface area contributed by atoms with Gasteiger partial charge in [-0.3, -0.25) is 9.59 Å². The van der Waals surface area contributed by atoms with E-state index in [0.29, 0.717) is 27.8 Å². The Morgan fingerprint density at radius 3 is 2.44 bits per heavy atom. The molecule has 0 bridgehead atoms. The number of amides is 2. The number of nitrogens with one attached hydrogen (secondary N) is 1. The first kappa shape index (κ1) is 18.6. The highest BCUT2D eigenvalue weighted by Gasteiger charge is 2.13. The van der Waals surface area contributed by atoms with E-state index in [1.807, 2.05) is 0 Å². The van der Waals surface area contributed by atoms with Crippen molar-refractivity contribution in [2.45, 2.75) is 0 Å². The summed E-state index contributed by atoms with van der Waals surface area (Å²) in [6, 6.07) is 11.7. The zero-order valence-corrected chi connectivity index (χ0v) is 15.0. The van der Waals surface area contributed by atoms with Crippen LogP contribution in [0, 0.1) is 0 Å². The van der Waals surface area contributed by atoms with E-state index in [4.69, 9.17) is 21.1 Å². The van der Waals surface area contributed by atoms with Crippen molar-refractivity contribution in [3.63, 3.8) is 0 Å². The van der Waals surface area contributed by atoms with Gasteiger partial charge in [-0.05, 0) is 30.3 Å². The standard InChI is InChI=1S/C18H19ClN2O4/c1-21(2)18(23)12-8-9-13(19)14(10-12)20-17(22)11-25-16-7-5-4-6-15(16)24-3/h4-10H,11H2,1-3H3,(H,20,22). The van der Waals surface area contributed by atoms with Gasteiger partial charge < -0.3 is 19.7 Å². The summed E-state index contributed by atoms with van der Waals surface area (Å²) in [5.74, 6) is 0.411. The molecule has 2 aromatic rings. The van der Waals surface area contributed by atoms with Gasteiger partial charge in [-0.1, -0.05) is 23.7 Å². The molecule has 2 rings (SSSR count). The Morgan fingerprint density at radius 1 is 1.12 bits per heavy atom. The Bertz CT molecular complexity index is 777. The third-order valence-electron chi connectivity index (χ3n) is 3.32. The second-order valence-corrected chi connectivity index (χ2v) is 5.79. The minimum Gasteiger partial charge on any atom is -0.493 e. The van der Waals surface area contributed by atoms with Gasteiger partial charge >= 0.3 is 0 Å². The molecule has 0 atom stereocenters. The maximum Gasteiger partial charge on any atom is 0.262 e. The number of methoxy groups -OCH3 is 1. The molecular formula is C18H19ClN2O4. The molecule has 0 saturated heterocycles. The third kappa shape index (κ3) is 4.87. The summed E-state index contributed by atoms with van der Waals surface area (Å²) >= 11 is 6.09. The van der Waals surface area contributed by atoms with Crippen LogP contribution in [0.3, 0.4) is 0 Å². The van der Waals surface area contributed by atoms with Crippen molar-refractivity contribution in [3.8, 4) is 11.5 Å². The number of hydrogen-bond acceptors (Lipinski definition) is 4. The third-order valence-corrected chi connectivity index (χ3v) is 3.65. The number of halogens is 1. The van der Waals surface area contributed by atoms with Gasteiger partial charge in [0.25, 0.3) is 11.8 Å². The first-order valence-corrected chi connectivity index (χ1v) is 7.87. The fraction of sp³-hybridized carbons (Fsp3) is 0.222. The molecule has 6 nitrogen and oxygen atoms in total. The Balaban J connectivity index is 2.05. The zero-order chi connectivity index (χ0) is 18.4. The highest BCUT2D eigenvalue weighted by atomic mass is 35.5. The van der Waals surface area contributed by atoms with Crippen molar-refractivity contribution in [2.75, 3.05) is 33.1 Å². The van der Waals surface area contributed by atoms with Crippen LogP contribution in [0.5, 0.6) is 11.5 Å². The lowest BCUT2D eigenvalue weighted by molar-refractivity contribution is -0.118. The number of ether oxygens (including phenoxy) is 2. The molecule has 0 aromatic heterocycles. The minimum atomic E-state index is -0.401. The van der Waals surface area contributed by atoms with Gasteiger partial charge in [0.1, 0.15) is 0 Å². The molecule has 2 aromatic carbocycles. The topological polar surface area (TPSA) is 67.9 Å². The first-order valence-electron chi connectivity index (χ1n) is 7.49. The van der Waals surface area contributed by atoms with Gasteiger partial charge in [0.15, 0.2) is 18.1 Å². The van der Waals surface area contributed by atoms with Crippen LogP contribution in [-0.2, 0) is 4.79 Å². The number of nitrogens with zero attached hydrogens (tertiary/aromatic N) is 1. The summed E-state index contributed by atoms with van der Waals surface area (Å²) < 4.78 is 10.6. The largest absolute Gasteiger partial charge is 0.493 e. The SMILES string of the molecule is COc1ccccc1OCC(=O)Nc1cc(C(=O)N(C)C)ccc1Cl. The van der Waals surface area contributed by atoms with E-state index in [2.05, 4.69) is 5.32 Å². The van der Waals surface area contributed by atoms with Crippen LogP contribution in [0.4, 0.5) is 5.69 Å². The Kier molecular flexibility index (Phi) is 6.25. The number of anilines is 1. The summed E-state index contributed by atoms with van der Waals surface area (Å²) in [6.07, 6.45) is 0. The highest BCUT2D eigenvalue weighted by molar-refractivity contribution is 6.33. The molecule has 0 saturated carbocycles. The average Bonchev–Trinajstić information content (AvgIpc) is 2.61. The van der Waals surface area contributed by atoms with E-state index in [1.54, 1.807) is 50.5 Å².